The van der Waals surface area contributed by atoms with Gasteiger partial charge in [0, 0.05) is 10.7 Å². The molecule has 0 aromatic carbocycles. The Balaban J connectivity index is 3.23. The van der Waals surface area contributed by atoms with E-state index in [-0.39, 0.29) is 17.7 Å². The average Bonchev–Trinajstić information content (AvgIpc) is 2.11. The molecule has 0 spiro atoms. The standard InChI is InChI=1S/C9H8BrF2NO2/c1-4-5(2-7(14)15)6(10)3-13-8(4)9(11)12/h3,9H,2H2,1H3,(H,14,15). The fourth-order valence-corrected chi connectivity index (χ4v) is 1.76. The Labute approximate surface area is 93.3 Å². The Hall–Kier alpha value is -1.04. The second-order valence-corrected chi connectivity index (χ2v) is 3.82. The van der Waals surface area contributed by atoms with Crippen LogP contribution in [0, 0.1) is 6.92 Å². The molecule has 0 aliphatic heterocycles. The summed E-state index contributed by atoms with van der Waals surface area (Å²) >= 11 is 3.09. The SMILES string of the molecule is Cc1c(C(F)F)ncc(Br)c1CC(=O)O. The highest BCUT2D eigenvalue weighted by Crippen LogP contribution is 2.27. The summed E-state index contributed by atoms with van der Waals surface area (Å²) in [6, 6.07) is 0. The molecule has 0 aliphatic rings. The van der Waals surface area contributed by atoms with Crippen LogP contribution in [0.5, 0.6) is 0 Å². The highest BCUT2D eigenvalue weighted by Gasteiger charge is 2.18. The number of pyridine rings is 1. The van der Waals surface area contributed by atoms with Gasteiger partial charge in [-0.1, -0.05) is 0 Å². The van der Waals surface area contributed by atoms with Crippen LogP contribution in [0.2, 0.25) is 0 Å². The van der Waals surface area contributed by atoms with Gasteiger partial charge in [0.05, 0.1) is 6.42 Å². The molecule has 0 saturated carbocycles. The van der Waals surface area contributed by atoms with Gasteiger partial charge >= 0.3 is 5.97 Å². The second-order valence-electron chi connectivity index (χ2n) is 2.97. The zero-order chi connectivity index (χ0) is 11.6. The third-order valence-electron chi connectivity index (χ3n) is 1.98. The summed E-state index contributed by atoms with van der Waals surface area (Å²) in [5, 5.41) is 8.62. The van der Waals surface area contributed by atoms with E-state index in [2.05, 4.69) is 20.9 Å². The zero-order valence-electron chi connectivity index (χ0n) is 7.80. The van der Waals surface area contributed by atoms with Crippen LogP contribution in [0.4, 0.5) is 8.78 Å². The number of carboxylic acids is 1. The van der Waals surface area contributed by atoms with E-state index in [0.29, 0.717) is 10.0 Å². The van der Waals surface area contributed by atoms with E-state index in [1.54, 1.807) is 0 Å². The quantitative estimate of drug-likeness (QED) is 0.926. The summed E-state index contributed by atoms with van der Waals surface area (Å²) in [4.78, 5) is 14.1. The van der Waals surface area contributed by atoms with E-state index in [9.17, 15) is 13.6 Å². The maximum atomic E-state index is 12.5. The van der Waals surface area contributed by atoms with Gasteiger partial charge in [-0.15, -0.1) is 0 Å². The minimum absolute atomic E-state index is 0.224. The maximum absolute atomic E-state index is 12.5. The number of alkyl halides is 2. The van der Waals surface area contributed by atoms with Crippen LogP contribution in [0.15, 0.2) is 10.7 Å². The molecule has 0 unspecified atom stereocenters. The molecule has 3 nitrogen and oxygen atoms in total. The van der Waals surface area contributed by atoms with Crippen LogP contribution >= 0.6 is 15.9 Å². The van der Waals surface area contributed by atoms with Crippen LogP contribution in [-0.2, 0) is 11.2 Å². The lowest BCUT2D eigenvalue weighted by Crippen LogP contribution is -2.06. The van der Waals surface area contributed by atoms with Crippen molar-refractivity contribution in [1.29, 1.82) is 0 Å². The molecule has 0 amide bonds. The van der Waals surface area contributed by atoms with Crippen molar-refractivity contribution in [3.63, 3.8) is 0 Å². The highest BCUT2D eigenvalue weighted by molar-refractivity contribution is 9.10. The molecule has 15 heavy (non-hydrogen) atoms. The van der Waals surface area contributed by atoms with Crippen LogP contribution in [-0.4, -0.2) is 16.1 Å². The maximum Gasteiger partial charge on any atom is 0.307 e. The highest BCUT2D eigenvalue weighted by atomic mass is 79.9. The predicted molar refractivity (Wildman–Crippen MR) is 53.0 cm³/mol. The van der Waals surface area contributed by atoms with Crippen LogP contribution in [0.25, 0.3) is 0 Å². The molecule has 1 aromatic heterocycles. The predicted octanol–water partition coefficient (Wildman–Crippen LogP) is 2.72. The number of hydrogen-bond donors (Lipinski definition) is 1. The summed E-state index contributed by atoms with van der Waals surface area (Å²) < 4.78 is 25.3. The Morgan fingerprint density at radius 2 is 2.27 bits per heavy atom. The molecule has 1 rings (SSSR count). The molecule has 0 bridgehead atoms. The van der Waals surface area contributed by atoms with Gasteiger partial charge in [-0.05, 0) is 34.0 Å². The van der Waals surface area contributed by atoms with Gasteiger partial charge in [-0.25, -0.2) is 8.78 Å². The number of rotatable bonds is 3. The number of nitrogens with zero attached hydrogens (tertiary/aromatic N) is 1. The second kappa shape index (κ2) is 4.65. The van der Waals surface area contributed by atoms with Gasteiger partial charge in [-0.3, -0.25) is 9.78 Å². The van der Waals surface area contributed by atoms with Gasteiger partial charge in [0.25, 0.3) is 6.43 Å². The van der Waals surface area contributed by atoms with E-state index in [0.717, 1.165) is 0 Å². The van der Waals surface area contributed by atoms with Gasteiger partial charge in [-0.2, -0.15) is 0 Å². The molecule has 1 N–H and O–H groups in total. The van der Waals surface area contributed by atoms with Gasteiger partial charge < -0.3 is 5.11 Å². The first-order chi connectivity index (χ1) is 6.93. The smallest absolute Gasteiger partial charge is 0.307 e. The van der Waals surface area contributed by atoms with Crippen LogP contribution in [0.1, 0.15) is 23.2 Å². The van der Waals surface area contributed by atoms with Crippen molar-refractivity contribution in [2.45, 2.75) is 19.8 Å². The molecule has 82 valence electrons. The van der Waals surface area contributed by atoms with Gasteiger partial charge in [0.2, 0.25) is 0 Å². The summed E-state index contributed by atoms with van der Waals surface area (Å²) in [6.45, 7) is 1.44. The fourth-order valence-electron chi connectivity index (χ4n) is 1.22. The number of carbonyl (C=O) groups is 1. The largest absolute Gasteiger partial charge is 0.481 e. The molecule has 0 saturated heterocycles. The molecule has 0 atom stereocenters. The molecule has 0 aliphatic carbocycles. The Kier molecular flexibility index (Phi) is 3.73. The molecular formula is C9H8BrF2NO2. The third kappa shape index (κ3) is 2.71. The van der Waals surface area contributed by atoms with E-state index in [1.165, 1.54) is 13.1 Å². The van der Waals surface area contributed by atoms with Crippen molar-refractivity contribution in [2.75, 3.05) is 0 Å². The van der Waals surface area contributed by atoms with Crippen molar-refractivity contribution in [2.24, 2.45) is 0 Å². The Morgan fingerprint density at radius 1 is 1.67 bits per heavy atom. The van der Waals surface area contributed by atoms with Crippen LogP contribution in [0.3, 0.4) is 0 Å². The molecule has 0 fully saturated rings. The molecule has 6 heteroatoms. The minimum Gasteiger partial charge on any atom is -0.481 e. The molecule has 1 aromatic rings. The van der Waals surface area contributed by atoms with Crippen molar-refractivity contribution in [3.05, 3.63) is 27.5 Å². The molecule has 1 heterocycles. The van der Waals surface area contributed by atoms with E-state index < -0.39 is 12.4 Å². The topological polar surface area (TPSA) is 50.2 Å². The van der Waals surface area contributed by atoms with Crippen molar-refractivity contribution in [1.82, 2.24) is 4.98 Å². The monoisotopic (exact) mass is 279 g/mol. The number of hydrogen-bond acceptors (Lipinski definition) is 2. The zero-order valence-corrected chi connectivity index (χ0v) is 9.38. The minimum atomic E-state index is -2.69. The van der Waals surface area contributed by atoms with E-state index in [4.69, 9.17) is 5.11 Å². The number of carboxylic acid groups (broad SMARTS) is 1. The molecular weight excluding hydrogens is 272 g/mol. The first-order valence-corrected chi connectivity index (χ1v) is 4.86. The molecule has 0 radical (unpaired) electrons. The summed E-state index contributed by atoms with van der Waals surface area (Å²) in [5.41, 5.74) is 0.198. The van der Waals surface area contributed by atoms with Crippen molar-refractivity contribution in [3.8, 4) is 0 Å². The van der Waals surface area contributed by atoms with Gasteiger partial charge in [0.15, 0.2) is 0 Å². The summed E-state index contributed by atoms with van der Waals surface area (Å²) in [7, 11) is 0. The Bertz CT molecular complexity index is 396. The average molecular weight is 280 g/mol. The number of aliphatic carboxylic acids is 1. The first-order valence-electron chi connectivity index (χ1n) is 4.07. The summed E-state index contributed by atoms with van der Waals surface area (Å²) in [5.74, 6) is -1.06. The lowest BCUT2D eigenvalue weighted by atomic mass is 10.1. The first kappa shape index (κ1) is 12.0. The van der Waals surface area contributed by atoms with Gasteiger partial charge in [0.1, 0.15) is 5.69 Å². The lowest BCUT2D eigenvalue weighted by Gasteiger charge is -2.10. The lowest BCUT2D eigenvalue weighted by molar-refractivity contribution is -0.136. The van der Waals surface area contributed by atoms with Crippen molar-refractivity contribution < 1.29 is 18.7 Å². The number of aromatic nitrogens is 1. The van der Waals surface area contributed by atoms with Crippen LogP contribution < -0.4 is 0 Å². The third-order valence-corrected chi connectivity index (χ3v) is 2.66. The Morgan fingerprint density at radius 3 is 2.73 bits per heavy atom. The normalized spacial score (nSPS) is 10.7. The summed E-state index contributed by atoms with van der Waals surface area (Å²) in [6.07, 6.45) is -1.79. The van der Waals surface area contributed by atoms with E-state index in [1.807, 2.05) is 0 Å². The fraction of sp³-hybridized carbons (Fsp3) is 0.333. The number of halogens is 3. The van der Waals surface area contributed by atoms with Crippen molar-refractivity contribution >= 4 is 21.9 Å². The van der Waals surface area contributed by atoms with E-state index >= 15 is 0 Å².